The Morgan fingerprint density at radius 3 is 2.21 bits per heavy atom. The van der Waals surface area contributed by atoms with Gasteiger partial charge >= 0.3 is 0 Å². The molecular formula is C16H37N3. The molecule has 3 nitrogen and oxygen atoms in total. The van der Waals surface area contributed by atoms with Gasteiger partial charge in [-0.1, -0.05) is 20.8 Å². The molecule has 1 unspecified atom stereocenters. The predicted octanol–water partition coefficient (Wildman–Crippen LogP) is 2.67. The summed E-state index contributed by atoms with van der Waals surface area (Å²) in [6.07, 6.45) is 3.87. The van der Waals surface area contributed by atoms with Gasteiger partial charge in [0.2, 0.25) is 0 Å². The van der Waals surface area contributed by atoms with Crippen LogP contribution in [-0.2, 0) is 0 Å². The van der Waals surface area contributed by atoms with E-state index < -0.39 is 0 Å². The molecule has 0 aromatic heterocycles. The molecule has 0 saturated carbocycles. The van der Waals surface area contributed by atoms with E-state index >= 15 is 0 Å². The summed E-state index contributed by atoms with van der Waals surface area (Å²) in [4.78, 5) is 4.89. The molecule has 0 aliphatic heterocycles. The van der Waals surface area contributed by atoms with Crippen molar-refractivity contribution in [2.75, 3.05) is 46.8 Å². The second kappa shape index (κ2) is 11.7. The van der Waals surface area contributed by atoms with Gasteiger partial charge in [0.25, 0.3) is 0 Å². The fraction of sp³-hybridized carbons (Fsp3) is 1.00. The highest BCUT2D eigenvalue weighted by molar-refractivity contribution is 4.67. The Balaban J connectivity index is 3.66. The van der Waals surface area contributed by atoms with E-state index in [2.05, 4.69) is 56.9 Å². The lowest BCUT2D eigenvalue weighted by Gasteiger charge is -2.28. The Morgan fingerprint density at radius 1 is 1.00 bits per heavy atom. The highest BCUT2D eigenvalue weighted by Gasteiger charge is 2.11. The van der Waals surface area contributed by atoms with E-state index in [1.807, 2.05) is 0 Å². The van der Waals surface area contributed by atoms with Gasteiger partial charge in [-0.05, 0) is 78.9 Å². The molecule has 0 amide bonds. The summed E-state index contributed by atoms with van der Waals surface area (Å²) in [5, 5.41) is 3.53. The van der Waals surface area contributed by atoms with Gasteiger partial charge in [0.05, 0.1) is 0 Å². The first-order valence-electron chi connectivity index (χ1n) is 8.06. The van der Waals surface area contributed by atoms with Crippen molar-refractivity contribution in [3.05, 3.63) is 0 Å². The first kappa shape index (κ1) is 18.9. The largest absolute Gasteiger partial charge is 0.316 e. The molecule has 0 fully saturated rings. The van der Waals surface area contributed by atoms with Gasteiger partial charge in [0.1, 0.15) is 0 Å². The number of rotatable bonds is 12. The zero-order valence-electron chi connectivity index (χ0n) is 14.2. The van der Waals surface area contributed by atoms with Crippen LogP contribution < -0.4 is 5.32 Å². The molecule has 0 rings (SSSR count). The smallest absolute Gasteiger partial charge is 0.00672 e. The van der Waals surface area contributed by atoms with E-state index in [9.17, 15) is 0 Å². The first-order chi connectivity index (χ1) is 8.97. The van der Waals surface area contributed by atoms with Crippen molar-refractivity contribution in [2.45, 2.75) is 53.0 Å². The van der Waals surface area contributed by atoms with Gasteiger partial charge in [0.15, 0.2) is 0 Å². The normalized spacial score (nSPS) is 13.7. The third-order valence-electron chi connectivity index (χ3n) is 3.61. The maximum atomic E-state index is 3.53. The summed E-state index contributed by atoms with van der Waals surface area (Å²) in [7, 11) is 4.31. The molecule has 3 heteroatoms. The highest BCUT2D eigenvalue weighted by Crippen LogP contribution is 2.07. The zero-order chi connectivity index (χ0) is 14.7. The van der Waals surface area contributed by atoms with Gasteiger partial charge < -0.3 is 15.1 Å². The topological polar surface area (TPSA) is 18.5 Å². The van der Waals surface area contributed by atoms with E-state index in [1.54, 1.807) is 0 Å². The van der Waals surface area contributed by atoms with Crippen molar-refractivity contribution in [1.29, 1.82) is 0 Å². The Hall–Kier alpha value is -0.120. The number of hydrogen-bond donors (Lipinski definition) is 1. The summed E-state index contributed by atoms with van der Waals surface area (Å²) in [6, 6.07) is 0.716. The maximum Gasteiger partial charge on any atom is 0.00672 e. The molecule has 0 aliphatic rings. The molecule has 1 N–H and O–H groups in total. The SMILES string of the molecule is CCN(CCCN(C)C)C(C)CCCNCC(C)C. The Kier molecular flexibility index (Phi) is 11.6. The van der Waals surface area contributed by atoms with Gasteiger partial charge in [-0.15, -0.1) is 0 Å². The van der Waals surface area contributed by atoms with Crippen molar-refractivity contribution in [3.63, 3.8) is 0 Å². The summed E-state index contributed by atoms with van der Waals surface area (Å²) in [5.41, 5.74) is 0. The lowest BCUT2D eigenvalue weighted by molar-refractivity contribution is 0.197. The van der Waals surface area contributed by atoms with Crippen LogP contribution in [0.3, 0.4) is 0 Å². The first-order valence-corrected chi connectivity index (χ1v) is 8.06. The molecule has 0 bridgehead atoms. The Bertz CT molecular complexity index is 192. The van der Waals surface area contributed by atoms with Crippen LogP contribution in [0.1, 0.15) is 47.0 Å². The molecule has 116 valence electrons. The van der Waals surface area contributed by atoms with Crippen molar-refractivity contribution in [3.8, 4) is 0 Å². The van der Waals surface area contributed by atoms with Gasteiger partial charge in [-0.25, -0.2) is 0 Å². The summed E-state index contributed by atoms with van der Waals surface area (Å²) in [6.45, 7) is 15.1. The molecule has 0 aromatic carbocycles. The van der Waals surface area contributed by atoms with E-state index in [0.29, 0.717) is 6.04 Å². The minimum atomic E-state index is 0.716. The molecule has 0 saturated heterocycles. The zero-order valence-corrected chi connectivity index (χ0v) is 14.2. The van der Waals surface area contributed by atoms with E-state index in [4.69, 9.17) is 0 Å². The molecule has 0 aromatic rings. The fourth-order valence-electron chi connectivity index (χ4n) is 2.38. The minimum absolute atomic E-state index is 0.716. The van der Waals surface area contributed by atoms with Gasteiger partial charge in [0, 0.05) is 6.04 Å². The monoisotopic (exact) mass is 271 g/mol. The molecule has 19 heavy (non-hydrogen) atoms. The van der Waals surface area contributed by atoms with Crippen LogP contribution in [0.4, 0.5) is 0 Å². The number of nitrogens with one attached hydrogen (secondary N) is 1. The van der Waals surface area contributed by atoms with Gasteiger partial charge in [-0.2, -0.15) is 0 Å². The maximum absolute atomic E-state index is 3.53. The van der Waals surface area contributed by atoms with Crippen LogP contribution in [0.5, 0.6) is 0 Å². The summed E-state index contributed by atoms with van der Waals surface area (Å²) < 4.78 is 0. The average Bonchev–Trinajstić information content (AvgIpc) is 2.33. The average molecular weight is 271 g/mol. The standard InChI is InChI=1S/C16H37N3/c1-7-19(13-9-12-18(5)6)16(4)10-8-11-17-14-15(2)3/h15-17H,7-14H2,1-6H3. The van der Waals surface area contributed by atoms with Crippen molar-refractivity contribution >= 4 is 0 Å². The van der Waals surface area contributed by atoms with Crippen LogP contribution in [0.2, 0.25) is 0 Å². The molecule has 0 aliphatic carbocycles. The highest BCUT2D eigenvalue weighted by atomic mass is 15.1. The summed E-state index contributed by atoms with van der Waals surface area (Å²) >= 11 is 0. The molecular weight excluding hydrogens is 234 g/mol. The number of nitrogens with zero attached hydrogens (tertiary/aromatic N) is 2. The third kappa shape index (κ3) is 11.4. The second-order valence-corrected chi connectivity index (χ2v) is 6.37. The quantitative estimate of drug-likeness (QED) is 0.551. The lowest BCUT2D eigenvalue weighted by Crippen LogP contribution is -2.35. The molecule has 0 spiro atoms. The van der Waals surface area contributed by atoms with Crippen LogP contribution in [-0.4, -0.2) is 62.7 Å². The number of hydrogen-bond acceptors (Lipinski definition) is 3. The summed E-state index contributed by atoms with van der Waals surface area (Å²) in [5.74, 6) is 0.760. The molecule has 0 radical (unpaired) electrons. The van der Waals surface area contributed by atoms with Crippen molar-refractivity contribution in [1.82, 2.24) is 15.1 Å². The second-order valence-electron chi connectivity index (χ2n) is 6.37. The lowest BCUT2D eigenvalue weighted by atomic mass is 10.1. The van der Waals surface area contributed by atoms with E-state index in [-0.39, 0.29) is 0 Å². The fourth-order valence-corrected chi connectivity index (χ4v) is 2.38. The molecule has 1 atom stereocenters. The minimum Gasteiger partial charge on any atom is -0.316 e. The van der Waals surface area contributed by atoms with Crippen LogP contribution in [0, 0.1) is 5.92 Å². The van der Waals surface area contributed by atoms with Crippen LogP contribution in [0.25, 0.3) is 0 Å². The molecule has 0 heterocycles. The Labute approximate surface area is 121 Å². The van der Waals surface area contributed by atoms with Crippen LogP contribution >= 0.6 is 0 Å². The predicted molar refractivity (Wildman–Crippen MR) is 86.8 cm³/mol. The van der Waals surface area contributed by atoms with E-state index in [1.165, 1.54) is 38.9 Å². The van der Waals surface area contributed by atoms with E-state index in [0.717, 1.165) is 19.0 Å². The Morgan fingerprint density at radius 2 is 1.68 bits per heavy atom. The van der Waals surface area contributed by atoms with Crippen molar-refractivity contribution in [2.24, 2.45) is 5.92 Å². The third-order valence-corrected chi connectivity index (χ3v) is 3.61. The van der Waals surface area contributed by atoms with Crippen molar-refractivity contribution < 1.29 is 0 Å². The van der Waals surface area contributed by atoms with Crippen LogP contribution in [0.15, 0.2) is 0 Å². The van der Waals surface area contributed by atoms with Gasteiger partial charge in [-0.3, -0.25) is 0 Å².